The van der Waals surface area contributed by atoms with E-state index in [1.807, 2.05) is 6.07 Å². The lowest BCUT2D eigenvalue weighted by atomic mass is 9.89. The summed E-state index contributed by atoms with van der Waals surface area (Å²) in [6, 6.07) is 21.1. The van der Waals surface area contributed by atoms with Gasteiger partial charge in [-0.15, -0.1) is 0 Å². The highest BCUT2D eigenvalue weighted by Crippen LogP contribution is 2.49. The highest BCUT2D eigenvalue weighted by molar-refractivity contribution is 6.24. The summed E-state index contributed by atoms with van der Waals surface area (Å²) in [5.41, 5.74) is 1.16. The van der Waals surface area contributed by atoms with Crippen LogP contribution in [0, 0.1) is 16.0 Å². The number of nitrogens with zero attached hydrogens (tertiary/aromatic N) is 3. The van der Waals surface area contributed by atoms with E-state index in [-0.39, 0.29) is 5.69 Å². The number of amides is 2. The van der Waals surface area contributed by atoms with Crippen LogP contribution in [0.1, 0.15) is 31.4 Å². The molecule has 0 N–H and O–H groups in total. The van der Waals surface area contributed by atoms with Gasteiger partial charge in [0.25, 0.3) is 11.6 Å². The summed E-state index contributed by atoms with van der Waals surface area (Å²) in [6.45, 7) is 2.66. The van der Waals surface area contributed by atoms with Gasteiger partial charge in [-0.25, -0.2) is 9.96 Å². The van der Waals surface area contributed by atoms with Gasteiger partial charge >= 0.3 is 0 Å². The first kappa shape index (κ1) is 23.5. The highest BCUT2D eigenvalue weighted by atomic mass is 16.7. The average molecular weight is 488 g/mol. The summed E-state index contributed by atoms with van der Waals surface area (Å²) < 4.78 is 5.68. The number of benzene rings is 3. The zero-order valence-corrected chi connectivity index (χ0v) is 19.7. The molecule has 0 aliphatic carbocycles. The Morgan fingerprint density at radius 2 is 1.61 bits per heavy atom. The molecule has 2 aliphatic heterocycles. The summed E-state index contributed by atoms with van der Waals surface area (Å²) in [5.74, 6) is -1.28. The van der Waals surface area contributed by atoms with E-state index in [1.54, 1.807) is 66.7 Å². The van der Waals surface area contributed by atoms with E-state index >= 15 is 0 Å². The molecule has 0 saturated carbocycles. The van der Waals surface area contributed by atoms with E-state index in [4.69, 9.17) is 9.57 Å². The number of carbonyl (C=O) groups is 2. The smallest absolute Gasteiger partial charge is 0.274 e. The van der Waals surface area contributed by atoms with E-state index in [9.17, 15) is 19.7 Å². The maximum absolute atomic E-state index is 13.7. The standard InChI is InChI=1S/C27H25N3O6/c1-2-3-17-35-20-15-13-18(14-16-20)28-26(31)23-24(21-11-7-8-12-22(21)30(33)34)29(36-25(23)27(28)32)19-9-5-4-6-10-19/h4-16,23-25H,2-3,17H2,1H3/t23-,24-,25-/m1/s1. The summed E-state index contributed by atoms with van der Waals surface area (Å²) >= 11 is 0. The summed E-state index contributed by atoms with van der Waals surface area (Å²) in [5, 5.41) is 13.3. The van der Waals surface area contributed by atoms with Crippen molar-refractivity contribution in [2.24, 2.45) is 5.92 Å². The molecule has 5 rings (SSSR count). The molecule has 2 heterocycles. The van der Waals surface area contributed by atoms with Crippen LogP contribution in [0.25, 0.3) is 0 Å². The van der Waals surface area contributed by atoms with Gasteiger partial charge in [-0.1, -0.05) is 43.7 Å². The Hall–Kier alpha value is -4.24. The van der Waals surface area contributed by atoms with Crippen molar-refractivity contribution in [3.05, 3.63) is 94.5 Å². The predicted molar refractivity (Wildman–Crippen MR) is 132 cm³/mol. The Balaban J connectivity index is 1.51. The monoisotopic (exact) mass is 487 g/mol. The van der Waals surface area contributed by atoms with Gasteiger partial charge in [0.15, 0.2) is 6.10 Å². The Morgan fingerprint density at radius 3 is 2.31 bits per heavy atom. The Kier molecular flexibility index (Phi) is 6.39. The second kappa shape index (κ2) is 9.79. The largest absolute Gasteiger partial charge is 0.494 e. The quantitative estimate of drug-likeness (QED) is 0.194. The molecular formula is C27H25N3O6. The molecule has 2 aliphatic rings. The third-order valence-corrected chi connectivity index (χ3v) is 6.44. The molecule has 9 heteroatoms. The van der Waals surface area contributed by atoms with Crippen LogP contribution in [0.3, 0.4) is 0 Å². The lowest BCUT2D eigenvalue weighted by Gasteiger charge is -2.28. The molecule has 0 aromatic heterocycles. The number of imide groups is 1. The fourth-order valence-electron chi connectivity index (χ4n) is 4.71. The van der Waals surface area contributed by atoms with Gasteiger partial charge < -0.3 is 4.74 Å². The summed E-state index contributed by atoms with van der Waals surface area (Å²) in [6.07, 6.45) is 0.831. The first-order chi connectivity index (χ1) is 17.5. The molecule has 3 atom stereocenters. The third-order valence-electron chi connectivity index (χ3n) is 6.44. The second-order valence-corrected chi connectivity index (χ2v) is 8.68. The van der Waals surface area contributed by atoms with Gasteiger partial charge in [0, 0.05) is 6.07 Å². The van der Waals surface area contributed by atoms with Crippen LogP contribution in [0.15, 0.2) is 78.9 Å². The first-order valence-corrected chi connectivity index (χ1v) is 11.9. The number of carbonyl (C=O) groups excluding carboxylic acids is 2. The molecule has 3 aromatic carbocycles. The number of nitro groups is 1. The molecule has 0 spiro atoms. The second-order valence-electron chi connectivity index (χ2n) is 8.68. The van der Waals surface area contributed by atoms with Crippen LogP contribution in [0.5, 0.6) is 5.75 Å². The number of rotatable bonds is 8. The van der Waals surface area contributed by atoms with E-state index in [2.05, 4.69) is 6.92 Å². The number of para-hydroxylation sites is 2. The highest BCUT2D eigenvalue weighted by Gasteiger charge is 2.61. The molecule has 0 bridgehead atoms. The SMILES string of the molecule is CCCCOc1ccc(N2C(=O)[C@@H]3[C@@H](c4ccccc4[N+](=O)[O-])N(c4ccccc4)O[C@H]3C2=O)cc1. The molecule has 2 saturated heterocycles. The van der Waals surface area contributed by atoms with Crippen LogP contribution >= 0.6 is 0 Å². The number of hydrogen-bond donors (Lipinski definition) is 0. The Morgan fingerprint density at radius 1 is 0.917 bits per heavy atom. The van der Waals surface area contributed by atoms with Crippen molar-refractivity contribution in [1.82, 2.24) is 0 Å². The fourth-order valence-corrected chi connectivity index (χ4v) is 4.71. The van der Waals surface area contributed by atoms with Crippen molar-refractivity contribution in [3.63, 3.8) is 0 Å². The van der Waals surface area contributed by atoms with Crippen molar-refractivity contribution < 1.29 is 24.1 Å². The summed E-state index contributed by atoms with van der Waals surface area (Å²) in [4.78, 5) is 45.7. The van der Waals surface area contributed by atoms with Gasteiger partial charge in [0.1, 0.15) is 17.7 Å². The molecule has 3 aromatic rings. The minimum absolute atomic E-state index is 0.139. The zero-order valence-electron chi connectivity index (χ0n) is 19.7. The van der Waals surface area contributed by atoms with Crippen molar-refractivity contribution in [1.29, 1.82) is 0 Å². The number of nitro benzene ring substituents is 1. The topological polar surface area (TPSA) is 102 Å². The van der Waals surface area contributed by atoms with Gasteiger partial charge in [-0.05, 0) is 48.9 Å². The van der Waals surface area contributed by atoms with Crippen LogP contribution in [-0.2, 0) is 14.4 Å². The maximum Gasteiger partial charge on any atom is 0.274 e. The lowest BCUT2D eigenvalue weighted by Crippen LogP contribution is -2.37. The van der Waals surface area contributed by atoms with Gasteiger partial charge in [-0.3, -0.25) is 24.5 Å². The predicted octanol–water partition coefficient (Wildman–Crippen LogP) is 4.82. The first-order valence-electron chi connectivity index (χ1n) is 11.9. The van der Waals surface area contributed by atoms with Gasteiger partial charge in [0.05, 0.1) is 28.5 Å². The molecule has 2 amide bonds. The molecule has 36 heavy (non-hydrogen) atoms. The van der Waals surface area contributed by atoms with Crippen LogP contribution < -0.4 is 14.7 Å². The molecule has 9 nitrogen and oxygen atoms in total. The van der Waals surface area contributed by atoms with Crippen molar-refractivity contribution >= 4 is 28.9 Å². The van der Waals surface area contributed by atoms with E-state index < -0.39 is 34.8 Å². The fraction of sp³-hybridized carbons (Fsp3) is 0.259. The minimum Gasteiger partial charge on any atom is -0.494 e. The normalized spacial score (nSPS) is 21.1. The number of ether oxygens (including phenoxy) is 1. The Labute approximate surface area is 207 Å². The van der Waals surface area contributed by atoms with Crippen molar-refractivity contribution in [3.8, 4) is 5.75 Å². The average Bonchev–Trinajstić information content (AvgIpc) is 3.41. The number of unbranched alkanes of at least 4 members (excludes halogenated alkanes) is 1. The van der Waals surface area contributed by atoms with Gasteiger partial charge in [0.2, 0.25) is 5.91 Å². The van der Waals surface area contributed by atoms with E-state index in [0.29, 0.717) is 29.3 Å². The van der Waals surface area contributed by atoms with Crippen LogP contribution in [0.4, 0.5) is 17.1 Å². The Bertz CT molecular complexity index is 1280. The summed E-state index contributed by atoms with van der Waals surface area (Å²) in [7, 11) is 0. The molecular weight excluding hydrogens is 462 g/mol. The molecule has 0 radical (unpaired) electrons. The van der Waals surface area contributed by atoms with E-state index in [0.717, 1.165) is 17.7 Å². The zero-order chi connectivity index (χ0) is 25.2. The van der Waals surface area contributed by atoms with Crippen molar-refractivity contribution in [2.45, 2.75) is 31.9 Å². The number of anilines is 2. The number of fused-ring (bicyclic) bond motifs is 1. The lowest BCUT2D eigenvalue weighted by molar-refractivity contribution is -0.385. The van der Waals surface area contributed by atoms with Crippen molar-refractivity contribution in [2.75, 3.05) is 16.6 Å². The molecule has 0 unspecified atom stereocenters. The van der Waals surface area contributed by atoms with E-state index in [1.165, 1.54) is 11.1 Å². The third kappa shape index (κ3) is 4.07. The van der Waals surface area contributed by atoms with Gasteiger partial charge in [-0.2, -0.15) is 0 Å². The molecule has 184 valence electrons. The van der Waals surface area contributed by atoms with Crippen LogP contribution in [-0.4, -0.2) is 29.4 Å². The van der Waals surface area contributed by atoms with Crippen LogP contribution in [0.2, 0.25) is 0 Å². The number of hydroxylamine groups is 1. The maximum atomic E-state index is 13.7. The number of hydrogen-bond acceptors (Lipinski definition) is 7. The molecule has 2 fully saturated rings. The minimum atomic E-state index is -1.11.